The van der Waals surface area contributed by atoms with Gasteiger partial charge in [-0.25, -0.2) is 4.39 Å². The van der Waals surface area contributed by atoms with E-state index in [1.54, 1.807) is 13.0 Å². The lowest BCUT2D eigenvalue weighted by molar-refractivity contribution is 0.420. The first-order chi connectivity index (χ1) is 5.54. The highest BCUT2D eigenvalue weighted by atomic mass is 79.9. The van der Waals surface area contributed by atoms with Gasteiger partial charge in [0, 0.05) is 11.6 Å². The molecule has 0 fully saturated rings. The maximum Gasteiger partial charge on any atom is 0.179 e. The van der Waals surface area contributed by atoms with Crippen LogP contribution in [0, 0.1) is 5.82 Å². The van der Waals surface area contributed by atoms with Crippen LogP contribution in [0.25, 0.3) is 0 Å². The molecule has 13 heavy (non-hydrogen) atoms. The van der Waals surface area contributed by atoms with E-state index in [-0.39, 0.29) is 28.7 Å². The molecule has 1 rings (SSSR count). The molecular formula is C8H10BrClFNO. The molecule has 0 unspecified atom stereocenters. The monoisotopic (exact) mass is 269 g/mol. The van der Waals surface area contributed by atoms with Gasteiger partial charge in [-0.3, -0.25) is 0 Å². The average Bonchev–Trinajstić information content (AvgIpc) is 2.00. The highest BCUT2D eigenvalue weighted by molar-refractivity contribution is 9.10. The van der Waals surface area contributed by atoms with Crippen LogP contribution >= 0.6 is 28.3 Å². The molecule has 5 heteroatoms. The Morgan fingerprint density at radius 1 is 1.54 bits per heavy atom. The molecule has 1 aromatic carbocycles. The number of rotatable bonds is 1. The van der Waals surface area contributed by atoms with Crippen molar-refractivity contribution in [2.24, 2.45) is 5.73 Å². The fourth-order valence-electron chi connectivity index (χ4n) is 0.922. The molecule has 1 atom stereocenters. The van der Waals surface area contributed by atoms with Gasteiger partial charge >= 0.3 is 0 Å². The molecule has 0 aliphatic rings. The van der Waals surface area contributed by atoms with Crippen molar-refractivity contribution in [3.63, 3.8) is 0 Å². The van der Waals surface area contributed by atoms with Crippen molar-refractivity contribution in [3.05, 3.63) is 28.0 Å². The van der Waals surface area contributed by atoms with E-state index in [9.17, 15) is 9.50 Å². The van der Waals surface area contributed by atoms with Crippen molar-refractivity contribution in [1.29, 1.82) is 0 Å². The summed E-state index contributed by atoms with van der Waals surface area (Å²) in [6, 6.07) is 2.74. The molecule has 0 aliphatic heterocycles. The summed E-state index contributed by atoms with van der Waals surface area (Å²) in [5.74, 6) is -1.04. The quantitative estimate of drug-likeness (QED) is 0.824. The fourth-order valence-corrected chi connectivity index (χ4v) is 1.24. The SMILES string of the molecule is C[C@@H](N)c1ccc(Br)c(F)c1O.Cl. The average molecular weight is 271 g/mol. The summed E-state index contributed by atoms with van der Waals surface area (Å²) in [6.07, 6.45) is 0. The van der Waals surface area contributed by atoms with Gasteiger partial charge in [-0.05, 0) is 28.9 Å². The number of halogens is 3. The van der Waals surface area contributed by atoms with E-state index in [0.717, 1.165) is 0 Å². The Labute approximate surface area is 90.5 Å². The smallest absolute Gasteiger partial charge is 0.179 e. The van der Waals surface area contributed by atoms with E-state index < -0.39 is 5.82 Å². The van der Waals surface area contributed by atoms with Gasteiger partial charge in [-0.1, -0.05) is 6.07 Å². The zero-order valence-corrected chi connectivity index (χ0v) is 9.32. The molecule has 0 heterocycles. The molecule has 0 aromatic heterocycles. The first-order valence-electron chi connectivity index (χ1n) is 3.46. The summed E-state index contributed by atoms with van der Waals surface area (Å²) in [6.45, 7) is 1.68. The summed E-state index contributed by atoms with van der Waals surface area (Å²) < 4.78 is 13.2. The van der Waals surface area contributed by atoms with Crippen LogP contribution in [0.2, 0.25) is 0 Å². The maximum atomic E-state index is 13.0. The molecule has 1 aromatic rings. The molecule has 0 amide bonds. The number of phenolic OH excluding ortho intramolecular Hbond substituents is 1. The molecule has 74 valence electrons. The van der Waals surface area contributed by atoms with E-state index in [1.165, 1.54) is 6.07 Å². The second-order valence-corrected chi connectivity index (χ2v) is 3.44. The van der Waals surface area contributed by atoms with Gasteiger partial charge in [-0.2, -0.15) is 0 Å². The number of hydrogen-bond acceptors (Lipinski definition) is 2. The lowest BCUT2D eigenvalue weighted by Gasteiger charge is -2.09. The Kier molecular flexibility index (Phi) is 4.67. The lowest BCUT2D eigenvalue weighted by atomic mass is 10.1. The van der Waals surface area contributed by atoms with Crippen molar-refractivity contribution in [2.45, 2.75) is 13.0 Å². The maximum absolute atomic E-state index is 13.0. The Morgan fingerprint density at radius 3 is 2.54 bits per heavy atom. The third-order valence-electron chi connectivity index (χ3n) is 1.59. The second kappa shape index (κ2) is 4.79. The summed E-state index contributed by atoms with van der Waals surface area (Å²) in [4.78, 5) is 0. The third-order valence-corrected chi connectivity index (χ3v) is 2.20. The fraction of sp³-hybridized carbons (Fsp3) is 0.250. The van der Waals surface area contributed by atoms with Gasteiger partial charge < -0.3 is 10.8 Å². The third kappa shape index (κ3) is 2.56. The van der Waals surface area contributed by atoms with Crippen molar-refractivity contribution in [2.75, 3.05) is 0 Å². The topological polar surface area (TPSA) is 46.2 Å². The number of benzene rings is 1. The standard InChI is InChI=1S/C8H9BrFNO.ClH/c1-4(11)5-2-3-6(9)7(10)8(5)12;/h2-4,12H,11H2,1H3;1H/t4-;/m1./s1. The molecule has 3 N–H and O–H groups in total. The van der Waals surface area contributed by atoms with Crippen LogP contribution in [0.15, 0.2) is 16.6 Å². The minimum absolute atomic E-state index is 0. The number of phenols is 1. The van der Waals surface area contributed by atoms with Crippen LogP contribution in [0.1, 0.15) is 18.5 Å². The predicted octanol–water partition coefficient (Wildman–Crippen LogP) is 2.74. The molecule has 0 bridgehead atoms. The largest absolute Gasteiger partial charge is 0.505 e. The molecule has 0 spiro atoms. The highest BCUT2D eigenvalue weighted by Crippen LogP contribution is 2.30. The van der Waals surface area contributed by atoms with Gasteiger partial charge in [0.05, 0.1) is 4.47 Å². The molecule has 0 saturated carbocycles. The zero-order valence-electron chi connectivity index (χ0n) is 6.92. The molecule has 0 saturated heterocycles. The van der Waals surface area contributed by atoms with Crippen molar-refractivity contribution >= 4 is 28.3 Å². The summed E-state index contributed by atoms with van der Waals surface area (Å²) >= 11 is 2.95. The van der Waals surface area contributed by atoms with Crippen LogP contribution in [0.3, 0.4) is 0 Å². The Balaban J connectivity index is 0.00000144. The van der Waals surface area contributed by atoms with Gasteiger partial charge in [-0.15, -0.1) is 12.4 Å². The Hall–Kier alpha value is -0.320. The van der Waals surface area contributed by atoms with E-state index in [4.69, 9.17) is 5.73 Å². The van der Waals surface area contributed by atoms with Gasteiger partial charge in [0.2, 0.25) is 0 Å². The van der Waals surface area contributed by atoms with Gasteiger partial charge in [0.1, 0.15) is 0 Å². The Bertz CT molecular complexity index is 306. The van der Waals surface area contributed by atoms with Crippen LogP contribution < -0.4 is 5.73 Å². The minimum atomic E-state index is -0.662. The number of aromatic hydroxyl groups is 1. The summed E-state index contributed by atoms with van der Waals surface area (Å²) in [5.41, 5.74) is 5.90. The lowest BCUT2D eigenvalue weighted by Crippen LogP contribution is -2.05. The highest BCUT2D eigenvalue weighted by Gasteiger charge is 2.12. The summed E-state index contributed by atoms with van der Waals surface area (Å²) in [7, 11) is 0. The first kappa shape index (κ1) is 12.7. The molecule has 0 aliphatic carbocycles. The second-order valence-electron chi connectivity index (χ2n) is 2.59. The minimum Gasteiger partial charge on any atom is -0.505 e. The van der Waals surface area contributed by atoms with E-state index in [2.05, 4.69) is 15.9 Å². The van der Waals surface area contributed by atoms with Crippen LogP contribution in [-0.4, -0.2) is 5.11 Å². The van der Waals surface area contributed by atoms with Crippen molar-refractivity contribution in [1.82, 2.24) is 0 Å². The van der Waals surface area contributed by atoms with Crippen molar-refractivity contribution in [3.8, 4) is 5.75 Å². The normalized spacial score (nSPS) is 12.0. The van der Waals surface area contributed by atoms with Crippen LogP contribution in [0.5, 0.6) is 5.75 Å². The zero-order chi connectivity index (χ0) is 9.30. The van der Waals surface area contributed by atoms with Crippen molar-refractivity contribution < 1.29 is 9.50 Å². The molecular weight excluding hydrogens is 260 g/mol. The number of hydrogen-bond donors (Lipinski definition) is 2. The summed E-state index contributed by atoms with van der Waals surface area (Å²) in [5, 5.41) is 9.26. The first-order valence-corrected chi connectivity index (χ1v) is 4.25. The van der Waals surface area contributed by atoms with Gasteiger partial charge in [0.25, 0.3) is 0 Å². The molecule has 0 radical (unpaired) electrons. The predicted molar refractivity (Wildman–Crippen MR) is 55.6 cm³/mol. The van der Waals surface area contributed by atoms with Crippen LogP contribution in [-0.2, 0) is 0 Å². The Morgan fingerprint density at radius 2 is 2.08 bits per heavy atom. The van der Waals surface area contributed by atoms with E-state index >= 15 is 0 Å². The van der Waals surface area contributed by atoms with E-state index in [1.807, 2.05) is 0 Å². The van der Waals surface area contributed by atoms with E-state index in [0.29, 0.717) is 5.56 Å². The van der Waals surface area contributed by atoms with Crippen LogP contribution in [0.4, 0.5) is 4.39 Å². The van der Waals surface area contributed by atoms with Gasteiger partial charge in [0.15, 0.2) is 11.6 Å². The number of nitrogens with two attached hydrogens (primary N) is 1. The molecule has 2 nitrogen and oxygen atoms in total.